The van der Waals surface area contributed by atoms with E-state index in [9.17, 15) is 18.0 Å². The van der Waals surface area contributed by atoms with Crippen LogP contribution in [-0.4, -0.2) is 42.7 Å². The molecule has 112 valence electrons. The zero-order valence-corrected chi connectivity index (χ0v) is 11.6. The average Bonchev–Trinajstić information content (AvgIpc) is 2.32. The molecule has 0 aromatic carbocycles. The van der Waals surface area contributed by atoms with Gasteiger partial charge in [0.05, 0.1) is 6.54 Å². The van der Waals surface area contributed by atoms with E-state index in [0.717, 1.165) is 25.7 Å². The molecule has 19 heavy (non-hydrogen) atoms. The van der Waals surface area contributed by atoms with Crippen LogP contribution in [0, 0.1) is 5.92 Å². The number of halogens is 3. The largest absolute Gasteiger partial charge is 0.401 e. The SMILES string of the molecule is CCCCC1CC(NCC(F)(F)F)CN(C(C)=O)C1. The lowest BCUT2D eigenvalue weighted by Gasteiger charge is -2.38. The van der Waals surface area contributed by atoms with Crippen LogP contribution >= 0.6 is 0 Å². The smallest absolute Gasteiger partial charge is 0.341 e. The van der Waals surface area contributed by atoms with Gasteiger partial charge in [0, 0.05) is 26.1 Å². The second-order valence-corrected chi connectivity index (χ2v) is 5.36. The second kappa shape index (κ2) is 7.12. The highest BCUT2D eigenvalue weighted by molar-refractivity contribution is 5.73. The number of carbonyl (C=O) groups excluding carboxylic acids is 1. The molecule has 0 spiro atoms. The molecule has 0 radical (unpaired) electrons. The van der Waals surface area contributed by atoms with Crippen LogP contribution in [0.25, 0.3) is 0 Å². The fourth-order valence-corrected chi connectivity index (χ4v) is 2.57. The van der Waals surface area contributed by atoms with Crippen molar-refractivity contribution in [2.45, 2.75) is 51.7 Å². The highest BCUT2D eigenvalue weighted by Gasteiger charge is 2.32. The van der Waals surface area contributed by atoms with Crippen LogP contribution in [0.2, 0.25) is 0 Å². The van der Waals surface area contributed by atoms with E-state index in [1.807, 2.05) is 0 Å². The molecule has 3 nitrogen and oxygen atoms in total. The first kappa shape index (κ1) is 16.3. The maximum Gasteiger partial charge on any atom is 0.401 e. The minimum Gasteiger partial charge on any atom is -0.341 e. The average molecular weight is 280 g/mol. The lowest BCUT2D eigenvalue weighted by Crippen LogP contribution is -2.52. The number of nitrogens with zero attached hydrogens (tertiary/aromatic N) is 1. The highest BCUT2D eigenvalue weighted by Crippen LogP contribution is 2.23. The highest BCUT2D eigenvalue weighted by atomic mass is 19.4. The van der Waals surface area contributed by atoms with E-state index < -0.39 is 12.7 Å². The van der Waals surface area contributed by atoms with Crippen molar-refractivity contribution in [1.29, 1.82) is 0 Å². The summed E-state index contributed by atoms with van der Waals surface area (Å²) in [6.45, 7) is 3.64. The van der Waals surface area contributed by atoms with Gasteiger partial charge < -0.3 is 10.2 Å². The summed E-state index contributed by atoms with van der Waals surface area (Å²) in [7, 11) is 0. The third-order valence-corrected chi connectivity index (χ3v) is 3.54. The molecule has 1 saturated heterocycles. The molecule has 1 fully saturated rings. The normalized spacial score (nSPS) is 24.6. The Morgan fingerprint density at radius 2 is 2.05 bits per heavy atom. The first-order chi connectivity index (χ1) is 8.81. The summed E-state index contributed by atoms with van der Waals surface area (Å²) in [5, 5.41) is 2.53. The maximum absolute atomic E-state index is 12.2. The number of nitrogens with one attached hydrogen (secondary N) is 1. The number of alkyl halides is 3. The van der Waals surface area contributed by atoms with Gasteiger partial charge in [-0.2, -0.15) is 13.2 Å². The molecular formula is C13H23F3N2O. The van der Waals surface area contributed by atoms with Crippen molar-refractivity contribution in [3.8, 4) is 0 Å². The Balaban J connectivity index is 2.52. The molecule has 0 bridgehead atoms. The Hall–Kier alpha value is -0.780. The second-order valence-electron chi connectivity index (χ2n) is 5.36. The van der Waals surface area contributed by atoms with E-state index in [2.05, 4.69) is 12.2 Å². The van der Waals surface area contributed by atoms with Gasteiger partial charge in [0.15, 0.2) is 0 Å². The monoisotopic (exact) mass is 280 g/mol. The number of hydrogen-bond donors (Lipinski definition) is 1. The summed E-state index contributed by atoms with van der Waals surface area (Å²) >= 11 is 0. The summed E-state index contributed by atoms with van der Waals surface area (Å²) in [6.07, 6.45) is -0.374. The number of likely N-dealkylation sites (tertiary alicyclic amines) is 1. The lowest BCUT2D eigenvalue weighted by molar-refractivity contribution is -0.133. The molecule has 2 atom stereocenters. The molecule has 1 heterocycles. The summed E-state index contributed by atoms with van der Waals surface area (Å²) in [5.74, 6) is 0.253. The number of hydrogen-bond acceptors (Lipinski definition) is 2. The van der Waals surface area contributed by atoms with Crippen molar-refractivity contribution in [3.63, 3.8) is 0 Å². The number of piperidine rings is 1. The minimum absolute atomic E-state index is 0.0555. The Kier molecular flexibility index (Phi) is 6.10. The van der Waals surface area contributed by atoms with Crippen LogP contribution < -0.4 is 5.32 Å². The Morgan fingerprint density at radius 3 is 2.58 bits per heavy atom. The number of carbonyl (C=O) groups is 1. The molecule has 0 aromatic heterocycles. The van der Waals surface area contributed by atoms with Crippen LogP contribution in [0.15, 0.2) is 0 Å². The van der Waals surface area contributed by atoms with Gasteiger partial charge in [-0.25, -0.2) is 0 Å². The molecule has 1 aliphatic heterocycles. The van der Waals surface area contributed by atoms with E-state index in [4.69, 9.17) is 0 Å². The van der Waals surface area contributed by atoms with Gasteiger partial charge >= 0.3 is 6.18 Å². The van der Waals surface area contributed by atoms with Crippen molar-refractivity contribution >= 4 is 5.91 Å². The van der Waals surface area contributed by atoms with Gasteiger partial charge in [0.2, 0.25) is 5.91 Å². The van der Waals surface area contributed by atoms with Gasteiger partial charge in [-0.1, -0.05) is 19.8 Å². The molecule has 6 heteroatoms. The summed E-state index contributed by atoms with van der Waals surface area (Å²) in [6, 6.07) is -0.249. The fraction of sp³-hybridized carbons (Fsp3) is 0.923. The van der Waals surface area contributed by atoms with Crippen molar-refractivity contribution in [3.05, 3.63) is 0 Å². The Morgan fingerprint density at radius 1 is 1.37 bits per heavy atom. The first-order valence-electron chi connectivity index (χ1n) is 6.87. The van der Waals surface area contributed by atoms with Gasteiger partial charge in [0.25, 0.3) is 0 Å². The number of amides is 1. The molecule has 1 aliphatic rings. The quantitative estimate of drug-likeness (QED) is 0.839. The number of rotatable bonds is 5. The van der Waals surface area contributed by atoms with E-state index in [-0.39, 0.29) is 11.9 Å². The Labute approximate surface area is 112 Å². The topological polar surface area (TPSA) is 32.3 Å². The third kappa shape index (κ3) is 6.27. The molecule has 1 rings (SSSR count). The number of unbranched alkanes of at least 4 members (excludes halogenated alkanes) is 1. The Bertz CT molecular complexity index is 294. The fourth-order valence-electron chi connectivity index (χ4n) is 2.57. The van der Waals surface area contributed by atoms with E-state index >= 15 is 0 Å². The van der Waals surface area contributed by atoms with E-state index in [1.54, 1.807) is 4.90 Å². The molecular weight excluding hydrogens is 257 g/mol. The first-order valence-corrected chi connectivity index (χ1v) is 6.87. The van der Waals surface area contributed by atoms with Crippen LogP contribution in [0.4, 0.5) is 13.2 Å². The molecule has 0 aliphatic carbocycles. The van der Waals surface area contributed by atoms with Gasteiger partial charge in [0.1, 0.15) is 0 Å². The standard InChI is InChI=1S/C13H23F3N2O/c1-3-4-5-11-6-12(17-9-13(14,15)16)8-18(7-11)10(2)19/h11-12,17H,3-9H2,1-2H3. The third-order valence-electron chi connectivity index (χ3n) is 3.54. The van der Waals surface area contributed by atoms with Crippen molar-refractivity contribution in [2.24, 2.45) is 5.92 Å². The summed E-state index contributed by atoms with van der Waals surface area (Å²) < 4.78 is 36.7. The van der Waals surface area contributed by atoms with E-state index in [1.165, 1.54) is 6.92 Å². The van der Waals surface area contributed by atoms with Crippen LogP contribution in [0.1, 0.15) is 39.5 Å². The van der Waals surface area contributed by atoms with Crippen molar-refractivity contribution < 1.29 is 18.0 Å². The molecule has 2 unspecified atom stereocenters. The van der Waals surface area contributed by atoms with Crippen molar-refractivity contribution in [2.75, 3.05) is 19.6 Å². The lowest BCUT2D eigenvalue weighted by atomic mass is 9.90. The van der Waals surface area contributed by atoms with Crippen LogP contribution in [-0.2, 0) is 4.79 Å². The predicted molar refractivity (Wildman–Crippen MR) is 67.7 cm³/mol. The predicted octanol–water partition coefficient (Wildman–Crippen LogP) is 2.57. The van der Waals surface area contributed by atoms with Crippen molar-refractivity contribution in [1.82, 2.24) is 10.2 Å². The van der Waals surface area contributed by atoms with Crippen LogP contribution in [0.3, 0.4) is 0 Å². The molecule has 0 aromatic rings. The molecule has 1 amide bonds. The zero-order valence-electron chi connectivity index (χ0n) is 11.6. The summed E-state index contributed by atoms with van der Waals surface area (Å²) in [5.41, 5.74) is 0. The van der Waals surface area contributed by atoms with Gasteiger partial charge in [-0.15, -0.1) is 0 Å². The maximum atomic E-state index is 12.2. The van der Waals surface area contributed by atoms with Gasteiger partial charge in [-0.3, -0.25) is 4.79 Å². The minimum atomic E-state index is -4.20. The van der Waals surface area contributed by atoms with E-state index in [0.29, 0.717) is 19.0 Å². The zero-order chi connectivity index (χ0) is 14.5. The van der Waals surface area contributed by atoms with Crippen LogP contribution in [0.5, 0.6) is 0 Å². The van der Waals surface area contributed by atoms with Gasteiger partial charge in [-0.05, 0) is 18.8 Å². The molecule has 1 N–H and O–H groups in total. The summed E-state index contributed by atoms with van der Waals surface area (Å²) in [4.78, 5) is 13.1. The molecule has 0 saturated carbocycles.